The molecule has 5 N–H and O–H groups in total. The summed E-state index contributed by atoms with van der Waals surface area (Å²) in [5.41, 5.74) is -1.45. The van der Waals surface area contributed by atoms with E-state index in [9.17, 15) is 15.3 Å². The van der Waals surface area contributed by atoms with E-state index in [1.54, 1.807) is 0 Å². The van der Waals surface area contributed by atoms with Crippen LogP contribution in [0.5, 0.6) is 0 Å². The maximum Gasteiger partial charge on any atom is 0.141 e. The molecule has 5 heteroatoms. The normalized spacial score (nSPS) is 20.1. The molecule has 14 heavy (non-hydrogen) atoms. The lowest BCUT2D eigenvalue weighted by Crippen LogP contribution is -2.55. The van der Waals surface area contributed by atoms with E-state index in [-0.39, 0.29) is 0 Å². The van der Waals surface area contributed by atoms with E-state index in [0.717, 1.165) is 6.54 Å². The van der Waals surface area contributed by atoms with Gasteiger partial charge in [-0.1, -0.05) is 6.92 Å². The van der Waals surface area contributed by atoms with Gasteiger partial charge in [-0.15, -0.1) is 0 Å². The van der Waals surface area contributed by atoms with Crippen LogP contribution in [0.1, 0.15) is 20.3 Å². The van der Waals surface area contributed by atoms with Gasteiger partial charge in [-0.25, -0.2) is 0 Å². The highest BCUT2D eigenvalue weighted by atomic mass is 16.4. The first-order chi connectivity index (χ1) is 6.45. The molecule has 5 nitrogen and oxygen atoms in total. The van der Waals surface area contributed by atoms with E-state index in [0.29, 0.717) is 13.0 Å². The number of hydrogen-bond donors (Lipinski definition) is 5. The van der Waals surface area contributed by atoms with Crippen LogP contribution in [0.3, 0.4) is 0 Å². The standard InChI is InChI=1S/C9H22N2O3/c1-4-11-6-5-7(12)8(13)9(2,14)10-3/h7-8,10-14H,4-6H2,1-3H3. The van der Waals surface area contributed by atoms with Crippen LogP contribution >= 0.6 is 0 Å². The van der Waals surface area contributed by atoms with Gasteiger partial charge in [0.15, 0.2) is 0 Å². The summed E-state index contributed by atoms with van der Waals surface area (Å²) in [5.74, 6) is 0. The minimum absolute atomic E-state index is 0.410. The molecule has 0 saturated heterocycles. The Morgan fingerprint density at radius 2 is 1.93 bits per heavy atom. The molecule has 0 fully saturated rings. The number of aliphatic hydroxyl groups is 3. The Morgan fingerprint density at radius 3 is 2.36 bits per heavy atom. The molecule has 0 aliphatic rings. The van der Waals surface area contributed by atoms with E-state index in [1.165, 1.54) is 14.0 Å². The van der Waals surface area contributed by atoms with Gasteiger partial charge in [-0.2, -0.15) is 0 Å². The maximum absolute atomic E-state index is 9.58. The van der Waals surface area contributed by atoms with Gasteiger partial charge in [0.2, 0.25) is 0 Å². The first-order valence-corrected chi connectivity index (χ1v) is 4.93. The van der Waals surface area contributed by atoms with Crippen molar-refractivity contribution in [1.29, 1.82) is 0 Å². The third kappa shape index (κ3) is 4.34. The molecule has 86 valence electrons. The fourth-order valence-electron chi connectivity index (χ4n) is 1.11. The van der Waals surface area contributed by atoms with Crippen LogP contribution in [0.4, 0.5) is 0 Å². The molecule has 3 unspecified atom stereocenters. The highest BCUT2D eigenvalue weighted by molar-refractivity contribution is 4.83. The molecular formula is C9H22N2O3. The van der Waals surface area contributed by atoms with E-state index in [1.807, 2.05) is 6.92 Å². The van der Waals surface area contributed by atoms with Crippen molar-refractivity contribution in [2.75, 3.05) is 20.1 Å². The number of nitrogens with one attached hydrogen (secondary N) is 2. The summed E-state index contributed by atoms with van der Waals surface area (Å²) < 4.78 is 0. The molecule has 0 radical (unpaired) electrons. The predicted octanol–water partition coefficient (Wildman–Crippen LogP) is -1.36. The minimum Gasteiger partial charge on any atom is -0.390 e. The Labute approximate surface area is 85.1 Å². The summed E-state index contributed by atoms with van der Waals surface area (Å²) in [7, 11) is 1.53. The Hall–Kier alpha value is -0.200. The SMILES string of the molecule is CCNCCC(O)C(O)C(C)(O)NC. The van der Waals surface area contributed by atoms with Crippen LogP contribution in [0.2, 0.25) is 0 Å². The van der Waals surface area contributed by atoms with Crippen molar-refractivity contribution in [1.82, 2.24) is 10.6 Å². The molecule has 0 aromatic rings. The van der Waals surface area contributed by atoms with Gasteiger partial charge in [-0.05, 0) is 33.5 Å². The Bertz CT molecular complexity index is 153. The molecule has 0 spiro atoms. The zero-order valence-electron chi connectivity index (χ0n) is 9.12. The summed E-state index contributed by atoms with van der Waals surface area (Å²) in [6.45, 7) is 4.83. The van der Waals surface area contributed by atoms with E-state index in [4.69, 9.17) is 0 Å². The summed E-state index contributed by atoms with van der Waals surface area (Å²) in [6, 6.07) is 0. The second-order valence-electron chi connectivity index (χ2n) is 3.55. The fourth-order valence-corrected chi connectivity index (χ4v) is 1.11. The van der Waals surface area contributed by atoms with Crippen molar-refractivity contribution in [2.45, 2.75) is 38.2 Å². The van der Waals surface area contributed by atoms with Gasteiger partial charge in [0, 0.05) is 0 Å². The van der Waals surface area contributed by atoms with Gasteiger partial charge < -0.3 is 20.6 Å². The topological polar surface area (TPSA) is 84.8 Å². The van der Waals surface area contributed by atoms with E-state index >= 15 is 0 Å². The van der Waals surface area contributed by atoms with Crippen molar-refractivity contribution in [3.05, 3.63) is 0 Å². The summed E-state index contributed by atoms with van der Waals surface area (Å²) in [5, 5.41) is 34.2. The number of likely N-dealkylation sites (N-methyl/N-ethyl adjacent to an activating group) is 1. The lowest BCUT2D eigenvalue weighted by molar-refractivity contribution is -0.130. The van der Waals surface area contributed by atoms with Crippen LogP contribution in [0.25, 0.3) is 0 Å². The van der Waals surface area contributed by atoms with Crippen molar-refractivity contribution < 1.29 is 15.3 Å². The van der Waals surface area contributed by atoms with Crippen LogP contribution in [-0.4, -0.2) is 53.4 Å². The Balaban J connectivity index is 3.92. The lowest BCUT2D eigenvalue weighted by Gasteiger charge is -2.31. The first kappa shape index (κ1) is 13.8. The smallest absolute Gasteiger partial charge is 0.141 e. The molecular weight excluding hydrogens is 184 g/mol. The Morgan fingerprint density at radius 1 is 1.36 bits per heavy atom. The second-order valence-corrected chi connectivity index (χ2v) is 3.55. The minimum atomic E-state index is -1.45. The predicted molar refractivity (Wildman–Crippen MR) is 54.9 cm³/mol. The average Bonchev–Trinajstić information content (AvgIpc) is 2.17. The summed E-state index contributed by atoms with van der Waals surface area (Å²) in [6.07, 6.45) is -1.71. The van der Waals surface area contributed by atoms with Gasteiger partial charge in [0.05, 0.1) is 6.10 Å². The van der Waals surface area contributed by atoms with Crippen LogP contribution in [0.15, 0.2) is 0 Å². The zero-order chi connectivity index (χ0) is 11.2. The third-order valence-corrected chi connectivity index (χ3v) is 2.31. The highest BCUT2D eigenvalue weighted by Crippen LogP contribution is 2.11. The molecule has 3 atom stereocenters. The van der Waals surface area contributed by atoms with Gasteiger partial charge in [-0.3, -0.25) is 5.32 Å². The summed E-state index contributed by atoms with van der Waals surface area (Å²) >= 11 is 0. The highest BCUT2D eigenvalue weighted by Gasteiger charge is 2.33. The van der Waals surface area contributed by atoms with E-state index < -0.39 is 17.9 Å². The molecule has 0 aliphatic carbocycles. The molecule has 0 bridgehead atoms. The number of hydrogen-bond acceptors (Lipinski definition) is 5. The fraction of sp³-hybridized carbons (Fsp3) is 1.00. The van der Waals surface area contributed by atoms with Crippen molar-refractivity contribution in [3.8, 4) is 0 Å². The molecule has 0 aliphatic heterocycles. The summed E-state index contributed by atoms with van der Waals surface area (Å²) in [4.78, 5) is 0. The zero-order valence-corrected chi connectivity index (χ0v) is 9.12. The third-order valence-electron chi connectivity index (χ3n) is 2.31. The van der Waals surface area contributed by atoms with Crippen LogP contribution < -0.4 is 10.6 Å². The second kappa shape index (κ2) is 6.31. The molecule has 0 aromatic carbocycles. The molecule has 0 heterocycles. The lowest BCUT2D eigenvalue weighted by atomic mass is 10.0. The van der Waals surface area contributed by atoms with Crippen LogP contribution in [-0.2, 0) is 0 Å². The average molecular weight is 206 g/mol. The van der Waals surface area contributed by atoms with Crippen molar-refractivity contribution in [2.24, 2.45) is 0 Å². The van der Waals surface area contributed by atoms with Crippen molar-refractivity contribution in [3.63, 3.8) is 0 Å². The Kier molecular flexibility index (Phi) is 6.22. The van der Waals surface area contributed by atoms with Gasteiger partial charge in [0.1, 0.15) is 11.8 Å². The van der Waals surface area contributed by atoms with E-state index in [2.05, 4.69) is 10.6 Å². The molecule has 0 saturated carbocycles. The monoisotopic (exact) mass is 206 g/mol. The largest absolute Gasteiger partial charge is 0.390 e. The molecule has 0 amide bonds. The first-order valence-electron chi connectivity index (χ1n) is 4.93. The molecule has 0 aromatic heterocycles. The number of rotatable bonds is 7. The molecule has 0 rings (SSSR count). The quantitative estimate of drug-likeness (QED) is 0.262. The van der Waals surface area contributed by atoms with Crippen molar-refractivity contribution >= 4 is 0 Å². The van der Waals surface area contributed by atoms with Gasteiger partial charge in [0.25, 0.3) is 0 Å². The van der Waals surface area contributed by atoms with Crippen LogP contribution in [0, 0.1) is 0 Å². The number of aliphatic hydroxyl groups excluding tert-OH is 2. The maximum atomic E-state index is 9.58. The van der Waals surface area contributed by atoms with Gasteiger partial charge >= 0.3 is 0 Å².